The zero-order valence-electron chi connectivity index (χ0n) is 12.3. The van der Waals surface area contributed by atoms with Crippen LogP contribution in [0.15, 0.2) is 30.3 Å². The number of rotatable bonds is 6. The first-order valence-electron chi connectivity index (χ1n) is 7.67. The van der Waals surface area contributed by atoms with Crippen LogP contribution in [0.5, 0.6) is 0 Å². The van der Waals surface area contributed by atoms with Gasteiger partial charge in [0.2, 0.25) is 0 Å². The summed E-state index contributed by atoms with van der Waals surface area (Å²) < 4.78 is 0. The monoisotopic (exact) mass is 275 g/mol. The van der Waals surface area contributed by atoms with Crippen molar-refractivity contribution in [3.05, 3.63) is 30.3 Å². The molecule has 0 radical (unpaired) electrons. The van der Waals surface area contributed by atoms with Crippen molar-refractivity contribution in [2.75, 3.05) is 18.0 Å². The van der Waals surface area contributed by atoms with Crippen molar-refractivity contribution in [3.8, 4) is 0 Å². The maximum atomic E-state index is 10.9. The predicted molar refractivity (Wildman–Crippen MR) is 82.0 cm³/mol. The number of para-hydroxylation sites is 1. The van der Waals surface area contributed by atoms with E-state index in [1.807, 2.05) is 18.2 Å². The van der Waals surface area contributed by atoms with Crippen LogP contribution >= 0.6 is 0 Å². The van der Waals surface area contributed by atoms with Crippen molar-refractivity contribution in [2.45, 2.75) is 39.0 Å². The molecule has 0 aliphatic heterocycles. The van der Waals surface area contributed by atoms with E-state index < -0.39 is 5.97 Å². The number of anilines is 1. The Morgan fingerprint density at radius 1 is 1.30 bits per heavy atom. The summed E-state index contributed by atoms with van der Waals surface area (Å²) in [6.07, 6.45) is 5.42. The summed E-state index contributed by atoms with van der Waals surface area (Å²) in [6, 6.07) is 10.2. The summed E-state index contributed by atoms with van der Waals surface area (Å²) in [5, 5.41) is 8.93. The highest BCUT2D eigenvalue weighted by Gasteiger charge is 2.21. The minimum absolute atomic E-state index is 0.206. The molecule has 2 unspecified atom stereocenters. The van der Waals surface area contributed by atoms with Gasteiger partial charge in [0.25, 0.3) is 0 Å². The van der Waals surface area contributed by atoms with Gasteiger partial charge in [-0.1, -0.05) is 38.0 Å². The van der Waals surface area contributed by atoms with Crippen molar-refractivity contribution >= 4 is 11.7 Å². The molecule has 3 heteroatoms. The molecule has 1 aliphatic carbocycles. The Kier molecular flexibility index (Phi) is 5.45. The van der Waals surface area contributed by atoms with Crippen molar-refractivity contribution in [3.63, 3.8) is 0 Å². The Labute approximate surface area is 121 Å². The summed E-state index contributed by atoms with van der Waals surface area (Å²) in [6.45, 7) is 3.92. The molecule has 0 amide bonds. The molecular weight excluding hydrogens is 250 g/mol. The van der Waals surface area contributed by atoms with Crippen molar-refractivity contribution in [1.82, 2.24) is 0 Å². The van der Waals surface area contributed by atoms with E-state index in [1.54, 1.807) is 0 Å². The largest absolute Gasteiger partial charge is 0.481 e. The van der Waals surface area contributed by atoms with E-state index in [4.69, 9.17) is 5.11 Å². The molecule has 2 rings (SSSR count). The van der Waals surface area contributed by atoms with Gasteiger partial charge < -0.3 is 10.0 Å². The Morgan fingerprint density at radius 3 is 2.70 bits per heavy atom. The summed E-state index contributed by atoms with van der Waals surface area (Å²) in [5.74, 6) is 0.793. The molecule has 1 fully saturated rings. The Balaban J connectivity index is 2.00. The van der Waals surface area contributed by atoms with Gasteiger partial charge in [-0.25, -0.2) is 0 Å². The third-order valence-corrected chi connectivity index (χ3v) is 4.24. The highest BCUT2D eigenvalue weighted by atomic mass is 16.4. The molecule has 0 heterocycles. The molecule has 110 valence electrons. The molecule has 1 aromatic rings. The molecular formula is C17H25NO2. The molecule has 2 atom stereocenters. The lowest BCUT2D eigenvalue weighted by Crippen LogP contribution is -2.33. The topological polar surface area (TPSA) is 40.5 Å². The molecule has 20 heavy (non-hydrogen) atoms. The van der Waals surface area contributed by atoms with Gasteiger partial charge in [-0.2, -0.15) is 0 Å². The van der Waals surface area contributed by atoms with E-state index in [0.29, 0.717) is 12.5 Å². The van der Waals surface area contributed by atoms with Gasteiger partial charge in [0, 0.05) is 18.8 Å². The van der Waals surface area contributed by atoms with E-state index in [0.717, 1.165) is 18.2 Å². The second-order valence-corrected chi connectivity index (χ2v) is 6.06. The molecule has 0 saturated heterocycles. The van der Waals surface area contributed by atoms with Gasteiger partial charge in [0.05, 0.1) is 6.42 Å². The quantitative estimate of drug-likeness (QED) is 0.858. The molecule has 1 saturated carbocycles. The fraction of sp³-hybridized carbons (Fsp3) is 0.588. The molecule has 0 bridgehead atoms. The highest BCUT2D eigenvalue weighted by molar-refractivity contribution is 5.67. The number of carbonyl (C=O) groups is 1. The van der Waals surface area contributed by atoms with Crippen LogP contribution in [0.4, 0.5) is 5.69 Å². The molecule has 3 nitrogen and oxygen atoms in total. The fourth-order valence-electron chi connectivity index (χ4n) is 3.23. The summed E-state index contributed by atoms with van der Waals surface area (Å²) in [5.41, 5.74) is 1.15. The van der Waals surface area contributed by atoms with Crippen LogP contribution in [0, 0.1) is 11.8 Å². The number of carboxylic acids is 1. The molecule has 1 aliphatic rings. The molecule has 1 N–H and O–H groups in total. The van der Waals surface area contributed by atoms with Crippen LogP contribution in [0.1, 0.15) is 39.0 Å². The normalized spacial score (nSPS) is 22.4. The van der Waals surface area contributed by atoms with Crippen LogP contribution in [-0.2, 0) is 4.79 Å². The zero-order valence-corrected chi connectivity index (χ0v) is 12.3. The van der Waals surface area contributed by atoms with Gasteiger partial charge in [0.15, 0.2) is 0 Å². The average molecular weight is 275 g/mol. The lowest BCUT2D eigenvalue weighted by Gasteiger charge is -2.33. The standard InChI is InChI=1S/C17H25NO2/c1-14-6-5-7-15(12-14)13-18(11-10-17(19)20)16-8-3-2-4-9-16/h2-4,8-9,14-15H,5-7,10-13H2,1H3,(H,19,20). The predicted octanol–water partition coefficient (Wildman–Crippen LogP) is 3.79. The van der Waals surface area contributed by atoms with E-state index in [-0.39, 0.29) is 6.42 Å². The first-order chi connectivity index (χ1) is 9.65. The third-order valence-electron chi connectivity index (χ3n) is 4.24. The second kappa shape index (κ2) is 7.32. The number of benzene rings is 1. The van der Waals surface area contributed by atoms with Gasteiger partial charge in [-0.15, -0.1) is 0 Å². The van der Waals surface area contributed by atoms with Crippen molar-refractivity contribution < 1.29 is 9.90 Å². The van der Waals surface area contributed by atoms with Crippen LogP contribution in [-0.4, -0.2) is 24.2 Å². The minimum Gasteiger partial charge on any atom is -0.481 e. The Hall–Kier alpha value is -1.51. The smallest absolute Gasteiger partial charge is 0.305 e. The lowest BCUT2D eigenvalue weighted by atomic mass is 9.82. The zero-order chi connectivity index (χ0) is 14.4. The maximum absolute atomic E-state index is 10.9. The van der Waals surface area contributed by atoms with Crippen LogP contribution < -0.4 is 4.90 Å². The first kappa shape index (κ1) is 14.9. The average Bonchev–Trinajstić information content (AvgIpc) is 2.44. The number of hydrogen-bond donors (Lipinski definition) is 1. The number of aliphatic carboxylic acids is 1. The van der Waals surface area contributed by atoms with E-state index >= 15 is 0 Å². The van der Waals surface area contributed by atoms with Crippen molar-refractivity contribution in [1.29, 1.82) is 0 Å². The number of hydrogen-bond acceptors (Lipinski definition) is 2. The van der Waals surface area contributed by atoms with Gasteiger partial charge >= 0.3 is 5.97 Å². The summed E-state index contributed by atoms with van der Waals surface area (Å²) in [4.78, 5) is 13.1. The van der Waals surface area contributed by atoms with Crippen molar-refractivity contribution in [2.24, 2.45) is 11.8 Å². The van der Waals surface area contributed by atoms with E-state index in [1.165, 1.54) is 25.7 Å². The molecule has 0 aromatic heterocycles. The van der Waals surface area contributed by atoms with Crippen LogP contribution in [0.25, 0.3) is 0 Å². The SMILES string of the molecule is CC1CCCC(CN(CCC(=O)O)c2ccccc2)C1. The van der Waals surface area contributed by atoms with Crippen LogP contribution in [0.3, 0.4) is 0 Å². The maximum Gasteiger partial charge on any atom is 0.305 e. The molecule has 1 aromatic carbocycles. The van der Waals surface area contributed by atoms with Gasteiger partial charge in [0.1, 0.15) is 0 Å². The lowest BCUT2D eigenvalue weighted by molar-refractivity contribution is -0.136. The Bertz CT molecular complexity index is 418. The van der Waals surface area contributed by atoms with E-state index in [2.05, 4.69) is 24.0 Å². The van der Waals surface area contributed by atoms with E-state index in [9.17, 15) is 4.79 Å². The first-order valence-corrected chi connectivity index (χ1v) is 7.67. The highest BCUT2D eigenvalue weighted by Crippen LogP contribution is 2.30. The minimum atomic E-state index is -0.719. The molecule has 0 spiro atoms. The number of nitrogens with zero attached hydrogens (tertiary/aromatic N) is 1. The van der Waals surface area contributed by atoms with Crippen LogP contribution in [0.2, 0.25) is 0 Å². The number of carboxylic acid groups (broad SMARTS) is 1. The Morgan fingerprint density at radius 2 is 2.05 bits per heavy atom. The second-order valence-electron chi connectivity index (χ2n) is 6.06. The van der Waals surface area contributed by atoms with Gasteiger partial charge in [-0.05, 0) is 36.8 Å². The summed E-state index contributed by atoms with van der Waals surface area (Å²) >= 11 is 0. The van der Waals surface area contributed by atoms with Gasteiger partial charge in [-0.3, -0.25) is 4.79 Å². The fourth-order valence-corrected chi connectivity index (χ4v) is 3.23. The summed E-state index contributed by atoms with van der Waals surface area (Å²) in [7, 11) is 0. The third kappa shape index (κ3) is 4.55.